The van der Waals surface area contributed by atoms with E-state index in [4.69, 9.17) is 14.0 Å². The van der Waals surface area contributed by atoms with Crippen LogP contribution in [0.25, 0.3) is 11.4 Å². The number of para-hydroxylation sites is 1. The lowest BCUT2D eigenvalue weighted by molar-refractivity contribution is -0.127. The van der Waals surface area contributed by atoms with Gasteiger partial charge in [-0.2, -0.15) is 4.98 Å². The number of aromatic nitrogens is 2. The zero-order chi connectivity index (χ0) is 23.0. The number of nitrogens with zero attached hydrogens (tertiary/aromatic N) is 3. The van der Waals surface area contributed by atoms with Crippen LogP contribution in [-0.2, 0) is 11.3 Å². The predicted molar refractivity (Wildman–Crippen MR) is 124 cm³/mol. The van der Waals surface area contributed by atoms with Gasteiger partial charge < -0.3 is 19.3 Å². The van der Waals surface area contributed by atoms with Crippen molar-refractivity contribution in [1.29, 1.82) is 0 Å². The van der Waals surface area contributed by atoms with E-state index in [1.807, 2.05) is 61.5 Å². The summed E-state index contributed by atoms with van der Waals surface area (Å²) in [7, 11) is 1.63. The van der Waals surface area contributed by atoms with Crippen molar-refractivity contribution in [2.24, 2.45) is 5.92 Å². The second-order valence-electron chi connectivity index (χ2n) is 8.35. The summed E-state index contributed by atoms with van der Waals surface area (Å²) in [5, 5.41) is 7.19. The van der Waals surface area contributed by atoms with Crippen molar-refractivity contribution in [3.05, 3.63) is 60.5 Å². The van der Waals surface area contributed by atoms with Crippen molar-refractivity contribution in [2.45, 2.75) is 32.4 Å². The molecule has 174 valence electrons. The van der Waals surface area contributed by atoms with Gasteiger partial charge in [-0.25, -0.2) is 0 Å². The number of likely N-dealkylation sites (tertiary alicyclic amines) is 1. The second kappa shape index (κ2) is 11.0. The molecule has 33 heavy (non-hydrogen) atoms. The number of hydrogen-bond donors (Lipinski definition) is 1. The molecule has 1 aliphatic heterocycles. The Labute approximate surface area is 193 Å². The van der Waals surface area contributed by atoms with E-state index in [1.54, 1.807) is 7.11 Å². The van der Waals surface area contributed by atoms with Gasteiger partial charge in [-0.3, -0.25) is 9.69 Å². The maximum atomic E-state index is 12.8. The van der Waals surface area contributed by atoms with Crippen molar-refractivity contribution in [2.75, 3.05) is 26.8 Å². The Hall–Kier alpha value is -3.39. The van der Waals surface area contributed by atoms with Crippen LogP contribution in [-0.4, -0.2) is 53.8 Å². The third kappa shape index (κ3) is 6.32. The summed E-state index contributed by atoms with van der Waals surface area (Å²) in [5.41, 5.74) is 0.869. The van der Waals surface area contributed by atoms with Crippen molar-refractivity contribution >= 4 is 5.91 Å². The van der Waals surface area contributed by atoms with Gasteiger partial charge in [-0.05, 0) is 62.7 Å². The van der Waals surface area contributed by atoms with E-state index >= 15 is 0 Å². The standard InChI is InChI=1S/C25H30N4O4/c1-18(17-32-22-8-4-3-5-9-22)26-25(30)20-7-6-14-29(15-20)16-23-27-24(28-33-23)19-10-12-21(31-2)13-11-19/h3-5,8-13,18,20H,6-7,14-17H2,1-2H3,(H,26,30). The predicted octanol–water partition coefficient (Wildman–Crippen LogP) is 3.54. The fourth-order valence-corrected chi connectivity index (χ4v) is 3.92. The number of rotatable bonds is 9. The molecule has 2 heterocycles. The summed E-state index contributed by atoms with van der Waals surface area (Å²) in [6.07, 6.45) is 1.82. The first kappa shape index (κ1) is 22.8. The molecule has 2 aromatic carbocycles. The summed E-state index contributed by atoms with van der Waals surface area (Å²) in [6.45, 7) is 4.48. The maximum Gasteiger partial charge on any atom is 0.241 e. The van der Waals surface area contributed by atoms with E-state index in [1.165, 1.54) is 0 Å². The third-order valence-corrected chi connectivity index (χ3v) is 5.68. The Bertz CT molecular complexity index is 1020. The fraction of sp³-hybridized carbons (Fsp3) is 0.400. The highest BCUT2D eigenvalue weighted by atomic mass is 16.5. The molecule has 0 aliphatic carbocycles. The van der Waals surface area contributed by atoms with Gasteiger partial charge in [0.15, 0.2) is 0 Å². The topological polar surface area (TPSA) is 89.7 Å². The fourth-order valence-electron chi connectivity index (χ4n) is 3.92. The van der Waals surface area contributed by atoms with Gasteiger partial charge in [0.2, 0.25) is 17.6 Å². The molecule has 8 heteroatoms. The first-order valence-electron chi connectivity index (χ1n) is 11.3. The van der Waals surface area contributed by atoms with Crippen LogP contribution >= 0.6 is 0 Å². The smallest absolute Gasteiger partial charge is 0.241 e. The van der Waals surface area contributed by atoms with Gasteiger partial charge >= 0.3 is 0 Å². The van der Waals surface area contributed by atoms with E-state index < -0.39 is 0 Å². The van der Waals surface area contributed by atoms with Gasteiger partial charge in [0.1, 0.15) is 18.1 Å². The molecular weight excluding hydrogens is 420 g/mol. The van der Waals surface area contributed by atoms with E-state index in [0.29, 0.717) is 31.4 Å². The zero-order valence-electron chi connectivity index (χ0n) is 19.1. The number of hydrogen-bond acceptors (Lipinski definition) is 7. The SMILES string of the molecule is COc1ccc(-c2noc(CN3CCCC(C(=O)NC(C)COc4ccccc4)C3)n2)cc1. The number of methoxy groups -OCH3 is 1. The van der Waals surface area contributed by atoms with Crippen LogP contribution in [0.15, 0.2) is 59.1 Å². The Balaban J connectivity index is 1.26. The minimum atomic E-state index is -0.0731. The number of ether oxygens (including phenoxy) is 2. The lowest BCUT2D eigenvalue weighted by Crippen LogP contribution is -2.46. The van der Waals surface area contributed by atoms with Crippen LogP contribution < -0.4 is 14.8 Å². The van der Waals surface area contributed by atoms with Crippen LogP contribution in [0, 0.1) is 5.92 Å². The molecule has 2 unspecified atom stereocenters. The largest absolute Gasteiger partial charge is 0.497 e. The molecule has 1 N–H and O–H groups in total. The zero-order valence-corrected chi connectivity index (χ0v) is 19.1. The molecule has 1 saturated heterocycles. The average Bonchev–Trinajstić information content (AvgIpc) is 3.32. The van der Waals surface area contributed by atoms with Crippen molar-refractivity contribution in [1.82, 2.24) is 20.4 Å². The highest BCUT2D eigenvalue weighted by Crippen LogP contribution is 2.22. The maximum absolute atomic E-state index is 12.8. The normalized spacial score (nSPS) is 17.3. The highest BCUT2D eigenvalue weighted by Gasteiger charge is 2.27. The molecule has 0 spiro atoms. The number of benzene rings is 2. The van der Waals surface area contributed by atoms with Crippen molar-refractivity contribution in [3.8, 4) is 22.9 Å². The van der Waals surface area contributed by atoms with E-state index in [0.717, 1.165) is 36.4 Å². The van der Waals surface area contributed by atoms with Crippen molar-refractivity contribution in [3.63, 3.8) is 0 Å². The molecule has 0 radical (unpaired) electrons. The average molecular weight is 451 g/mol. The van der Waals surface area contributed by atoms with Crippen LogP contribution in [0.1, 0.15) is 25.7 Å². The molecule has 0 saturated carbocycles. The molecular formula is C25H30N4O4. The molecule has 8 nitrogen and oxygen atoms in total. The van der Waals surface area contributed by atoms with Gasteiger partial charge in [0, 0.05) is 12.1 Å². The lowest BCUT2D eigenvalue weighted by atomic mass is 9.97. The van der Waals surface area contributed by atoms with Crippen LogP contribution in [0.3, 0.4) is 0 Å². The minimum Gasteiger partial charge on any atom is -0.497 e. The minimum absolute atomic E-state index is 0.0633. The molecule has 1 amide bonds. The van der Waals surface area contributed by atoms with E-state index in [9.17, 15) is 4.79 Å². The Morgan fingerprint density at radius 3 is 2.73 bits per heavy atom. The van der Waals surface area contributed by atoms with Crippen LogP contribution in [0.2, 0.25) is 0 Å². The second-order valence-corrected chi connectivity index (χ2v) is 8.35. The molecule has 1 fully saturated rings. The summed E-state index contributed by atoms with van der Waals surface area (Å²) in [5.74, 6) is 2.67. The van der Waals surface area contributed by atoms with Gasteiger partial charge in [0.05, 0.1) is 25.6 Å². The molecule has 4 rings (SSSR count). The Morgan fingerprint density at radius 2 is 1.97 bits per heavy atom. The monoisotopic (exact) mass is 450 g/mol. The summed E-state index contributed by atoms with van der Waals surface area (Å²) in [4.78, 5) is 19.5. The number of piperidine rings is 1. The number of carbonyl (C=O) groups is 1. The van der Waals surface area contributed by atoms with E-state index in [-0.39, 0.29) is 17.9 Å². The van der Waals surface area contributed by atoms with E-state index in [2.05, 4.69) is 20.4 Å². The molecule has 0 bridgehead atoms. The van der Waals surface area contributed by atoms with Gasteiger partial charge in [-0.15, -0.1) is 0 Å². The molecule has 1 aliphatic rings. The quantitative estimate of drug-likeness (QED) is 0.533. The summed E-state index contributed by atoms with van der Waals surface area (Å²) in [6, 6.07) is 17.1. The molecule has 2 atom stereocenters. The van der Waals surface area contributed by atoms with Crippen LogP contribution in [0.5, 0.6) is 11.5 Å². The lowest BCUT2D eigenvalue weighted by Gasteiger charge is -2.31. The summed E-state index contributed by atoms with van der Waals surface area (Å²) >= 11 is 0. The molecule has 1 aromatic heterocycles. The third-order valence-electron chi connectivity index (χ3n) is 5.68. The number of nitrogens with one attached hydrogen (secondary N) is 1. The highest BCUT2D eigenvalue weighted by molar-refractivity contribution is 5.79. The summed E-state index contributed by atoms with van der Waals surface area (Å²) < 4.78 is 16.4. The van der Waals surface area contributed by atoms with Gasteiger partial charge in [-0.1, -0.05) is 23.4 Å². The van der Waals surface area contributed by atoms with Gasteiger partial charge in [0.25, 0.3) is 0 Å². The first-order valence-corrected chi connectivity index (χ1v) is 11.3. The number of carbonyl (C=O) groups excluding carboxylic acids is 1. The molecule has 3 aromatic rings. The Kier molecular flexibility index (Phi) is 7.57. The Morgan fingerprint density at radius 1 is 1.18 bits per heavy atom. The first-order chi connectivity index (χ1) is 16.1. The number of amides is 1. The van der Waals surface area contributed by atoms with Crippen LogP contribution in [0.4, 0.5) is 0 Å². The van der Waals surface area contributed by atoms with Crippen molar-refractivity contribution < 1.29 is 18.8 Å².